The molecule has 2 rings (SSSR count). The number of carbonyl (C=O) groups excluding carboxylic acids is 1. The third-order valence-corrected chi connectivity index (χ3v) is 2.86. The molecule has 2 fully saturated rings. The van der Waals surface area contributed by atoms with Crippen LogP contribution in [0.2, 0.25) is 0 Å². The summed E-state index contributed by atoms with van der Waals surface area (Å²) in [6.07, 6.45) is 3.83. The summed E-state index contributed by atoms with van der Waals surface area (Å²) >= 11 is 0. The van der Waals surface area contributed by atoms with Gasteiger partial charge in [-0.05, 0) is 32.7 Å². The molecule has 2 heteroatoms. The van der Waals surface area contributed by atoms with Gasteiger partial charge in [-0.25, -0.2) is 0 Å². The number of nitrogens with zero attached hydrogens (tertiary/aromatic N) is 1. The van der Waals surface area contributed by atoms with Crippen LogP contribution >= 0.6 is 0 Å². The summed E-state index contributed by atoms with van der Waals surface area (Å²) in [5.74, 6) is 0.740. The Balaban J connectivity index is 1.87. The summed E-state index contributed by atoms with van der Waals surface area (Å²) < 4.78 is 0. The van der Waals surface area contributed by atoms with Crippen molar-refractivity contribution >= 4 is 5.78 Å². The van der Waals surface area contributed by atoms with E-state index in [4.69, 9.17) is 0 Å². The molecule has 1 heterocycles. The molecule has 1 saturated carbocycles. The number of carbonyl (C=O) groups is 1. The number of hydrogen-bond donors (Lipinski definition) is 0. The Morgan fingerprint density at radius 3 is 2.55 bits per heavy atom. The van der Waals surface area contributed by atoms with Gasteiger partial charge >= 0.3 is 0 Å². The highest BCUT2D eigenvalue weighted by Crippen LogP contribution is 2.31. The van der Waals surface area contributed by atoms with Crippen LogP contribution in [0, 0.1) is 5.92 Å². The lowest BCUT2D eigenvalue weighted by atomic mass is 10.1. The second kappa shape index (κ2) is 2.59. The van der Waals surface area contributed by atoms with Crippen molar-refractivity contribution < 1.29 is 4.79 Å². The SMILES string of the molecule is CC(=O)C1CCN(C2CC2)C1. The van der Waals surface area contributed by atoms with E-state index < -0.39 is 0 Å². The maximum absolute atomic E-state index is 11.0. The smallest absolute Gasteiger partial charge is 0.134 e. The van der Waals surface area contributed by atoms with Gasteiger partial charge in [0.15, 0.2) is 0 Å². The number of likely N-dealkylation sites (tertiary alicyclic amines) is 1. The summed E-state index contributed by atoms with van der Waals surface area (Å²) in [7, 11) is 0. The van der Waals surface area contributed by atoms with E-state index in [1.807, 2.05) is 0 Å². The van der Waals surface area contributed by atoms with Gasteiger partial charge in [-0.15, -0.1) is 0 Å². The van der Waals surface area contributed by atoms with Crippen LogP contribution < -0.4 is 0 Å². The maximum atomic E-state index is 11.0. The van der Waals surface area contributed by atoms with Gasteiger partial charge < -0.3 is 0 Å². The largest absolute Gasteiger partial charge is 0.300 e. The average Bonchev–Trinajstić information content (AvgIpc) is 2.68. The van der Waals surface area contributed by atoms with Crippen molar-refractivity contribution in [2.45, 2.75) is 32.2 Å². The Labute approximate surface area is 67.6 Å². The highest BCUT2D eigenvalue weighted by Gasteiger charge is 2.35. The normalized spacial score (nSPS) is 32.6. The third kappa shape index (κ3) is 1.45. The van der Waals surface area contributed by atoms with Crippen molar-refractivity contribution in [1.29, 1.82) is 0 Å². The Morgan fingerprint density at radius 1 is 1.36 bits per heavy atom. The predicted molar refractivity (Wildman–Crippen MR) is 43.4 cm³/mol. The number of Topliss-reactive ketones (excluding diaryl/α,β-unsaturated/α-hetero) is 1. The van der Waals surface area contributed by atoms with Crippen molar-refractivity contribution in [1.82, 2.24) is 4.90 Å². The van der Waals surface area contributed by atoms with Gasteiger partial charge in [0.05, 0.1) is 0 Å². The quantitative estimate of drug-likeness (QED) is 0.591. The molecular weight excluding hydrogens is 138 g/mol. The molecule has 2 aliphatic rings. The van der Waals surface area contributed by atoms with Crippen LogP contribution in [0.5, 0.6) is 0 Å². The van der Waals surface area contributed by atoms with Crippen molar-refractivity contribution in [2.75, 3.05) is 13.1 Å². The van der Waals surface area contributed by atoms with E-state index in [-0.39, 0.29) is 0 Å². The molecule has 62 valence electrons. The van der Waals surface area contributed by atoms with Crippen molar-refractivity contribution in [2.24, 2.45) is 5.92 Å². The summed E-state index contributed by atoms with van der Waals surface area (Å²) in [5.41, 5.74) is 0. The molecule has 1 aliphatic carbocycles. The molecule has 1 saturated heterocycles. The van der Waals surface area contributed by atoms with E-state index in [0.717, 1.165) is 25.6 Å². The summed E-state index contributed by atoms with van der Waals surface area (Å²) in [6, 6.07) is 0.847. The van der Waals surface area contributed by atoms with Crippen LogP contribution in [-0.2, 0) is 4.79 Å². The fourth-order valence-corrected chi connectivity index (χ4v) is 1.89. The van der Waals surface area contributed by atoms with E-state index in [1.165, 1.54) is 12.8 Å². The zero-order valence-electron chi connectivity index (χ0n) is 7.05. The lowest BCUT2D eigenvalue weighted by Gasteiger charge is -2.12. The second-order valence-electron chi connectivity index (χ2n) is 3.82. The summed E-state index contributed by atoms with van der Waals surface area (Å²) in [5, 5.41) is 0. The zero-order chi connectivity index (χ0) is 7.84. The van der Waals surface area contributed by atoms with Crippen molar-refractivity contribution in [3.05, 3.63) is 0 Å². The average molecular weight is 153 g/mol. The highest BCUT2D eigenvalue weighted by atomic mass is 16.1. The minimum atomic E-state index is 0.357. The first-order chi connectivity index (χ1) is 5.27. The molecule has 2 nitrogen and oxygen atoms in total. The first-order valence-electron chi connectivity index (χ1n) is 4.52. The molecule has 0 spiro atoms. The minimum absolute atomic E-state index is 0.357. The molecule has 0 N–H and O–H groups in total. The Bertz CT molecular complexity index is 174. The molecule has 1 unspecified atom stereocenters. The number of rotatable bonds is 2. The molecule has 0 aromatic carbocycles. The Kier molecular flexibility index (Phi) is 1.72. The molecule has 11 heavy (non-hydrogen) atoms. The molecule has 0 radical (unpaired) electrons. The van der Waals surface area contributed by atoms with Gasteiger partial charge in [0.2, 0.25) is 0 Å². The van der Waals surface area contributed by atoms with E-state index in [0.29, 0.717) is 11.7 Å². The third-order valence-electron chi connectivity index (χ3n) is 2.86. The fourth-order valence-electron chi connectivity index (χ4n) is 1.89. The zero-order valence-corrected chi connectivity index (χ0v) is 7.05. The lowest BCUT2D eigenvalue weighted by Crippen LogP contribution is -2.24. The molecule has 0 bridgehead atoms. The van der Waals surface area contributed by atoms with Gasteiger partial charge in [0.25, 0.3) is 0 Å². The van der Waals surface area contributed by atoms with Crippen molar-refractivity contribution in [3.63, 3.8) is 0 Å². The molecule has 0 amide bonds. The number of ketones is 1. The molecule has 1 aliphatic heterocycles. The molecule has 0 aromatic rings. The first kappa shape index (κ1) is 7.29. The van der Waals surface area contributed by atoms with Crippen LogP contribution in [-0.4, -0.2) is 29.8 Å². The summed E-state index contributed by atoms with van der Waals surface area (Å²) in [4.78, 5) is 13.5. The van der Waals surface area contributed by atoms with Gasteiger partial charge in [0, 0.05) is 18.5 Å². The summed E-state index contributed by atoms with van der Waals surface area (Å²) in [6.45, 7) is 3.93. The van der Waals surface area contributed by atoms with E-state index in [2.05, 4.69) is 4.90 Å². The Hall–Kier alpha value is -0.370. The van der Waals surface area contributed by atoms with Crippen LogP contribution in [0.4, 0.5) is 0 Å². The predicted octanol–water partition coefficient (Wildman–Crippen LogP) is 1.06. The Morgan fingerprint density at radius 2 is 2.09 bits per heavy atom. The standard InChI is InChI=1S/C9H15NO/c1-7(11)8-4-5-10(6-8)9-2-3-9/h8-9H,2-6H2,1H3. The highest BCUT2D eigenvalue weighted by molar-refractivity contribution is 5.78. The van der Waals surface area contributed by atoms with E-state index >= 15 is 0 Å². The number of hydrogen-bond acceptors (Lipinski definition) is 2. The monoisotopic (exact) mass is 153 g/mol. The van der Waals surface area contributed by atoms with Crippen LogP contribution in [0.25, 0.3) is 0 Å². The second-order valence-corrected chi connectivity index (χ2v) is 3.82. The van der Waals surface area contributed by atoms with Crippen LogP contribution in [0.15, 0.2) is 0 Å². The molecule has 1 atom stereocenters. The minimum Gasteiger partial charge on any atom is -0.300 e. The van der Waals surface area contributed by atoms with Crippen molar-refractivity contribution in [3.8, 4) is 0 Å². The van der Waals surface area contributed by atoms with Gasteiger partial charge in [0.1, 0.15) is 5.78 Å². The van der Waals surface area contributed by atoms with Gasteiger partial charge in [-0.3, -0.25) is 9.69 Å². The van der Waals surface area contributed by atoms with Crippen LogP contribution in [0.1, 0.15) is 26.2 Å². The lowest BCUT2D eigenvalue weighted by molar-refractivity contribution is -0.120. The van der Waals surface area contributed by atoms with Crippen LogP contribution in [0.3, 0.4) is 0 Å². The first-order valence-corrected chi connectivity index (χ1v) is 4.52. The van der Waals surface area contributed by atoms with Gasteiger partial charge in [-0.1, -0.05) is 0 Å². The fraction of sp³-hybridized carbons (Fsp3) is 0.889. The maximum Gasteiger partial charge on any atom is 0.134 e. The molecular formula is C9H15NO. The van der Waals surface area contributed by atoms with Gasteiger partial charge in [-0.2, -0.15) is 0 Å². The van der Waals surface area contributed by atoms with E-state index in [1.54, 1.807) is 6.92 Å². The van der Waals surface area contributed by atoms with E-state index in [9.17, 15) is 4.79 Å². The molecule has 0 aromatic heterocycles. The topological polar surface area (TPSA) is 20.3 Å².